The van der Waals surface area contributed by atoms with Gasteiger partial charge in [-0.1, -0.05) is 26.8 Å². The van der Waals surface area contributed by atoms with Crippen LogP contribution in [0.3, 0.4) is 0 Å². The molecule has 0 aliphatic heterocycles. The van der Waals surface area contributed by atoms with E-state index >= 15 is 0 Å². The molecule has 1 aromatic carbocycles. The van der Waals surface area contributed by atoms with Gasteiger partial charge in [0.05, 0.1) is 0 Å². The Bertz CT molecular complexity index is 532. The van der Waals surface area contributed by atoms with Gasteiger partial charge in [-0.3, -0.25) is 4.79 Å². The van der Waals surface area contributed by atoms with Crippen LogP contribution in [0.15, 0.2) is 18.2 Å². The lowest BCUT2D eigenvalue weighted by Gasteiger charge is -2.27. The van der Waals surface area contributed by atoms with Gasteiger partial charge in [-0.05, 0) is 42.5 Å². The van der Waals surface area contributed by atoms with Crippen LogP contribution in [0.25, 0.3) is 0 Å². The van der Waals surface area contributed by atoms with Crippen LogP contribution in [0.1, 0.15) is 31.9 Å². The molecule has 1 amide bonds. The summed E-state index contributed by atoms with van der Waals surface area (Å²) in [7, 11) is 0. The first-order chi connectivity index (χ1) is 9.61. The number of ether oxygens (including phenoxy) is 1. The molecule has 0 saturated carbocycles. The molecule has 0 heterocycles. The second-order valence-corrected chi connectivity index (χ2v) is 6.24. The van der Waals surface area contributed by atoms with Gasteiger partial charge in [0, 0.05) is 0 Å². The van der Waals surface area contributed by atoms with Gasteiger partial charge in [-0.2, -0.15) is 0 Å². The second kappa shape index (κ2) is 6.61. The van der Waals surface area contributed by atoms with Crippen molar-refractivity contribution in [2.24, 2.45) is 5.41 Å². The quantitative estimate of drug-likeness (QED) is 0.873. The Morgan fingerprint density at radius 1 is 1.24 bits per heavy atom. The first kappa shape index (κ1) is 17.0. The fraction of sp³-hybridized carbons (Fsp3) is 0.500. The number of hydrogen-bond donors (Lipinski definition) is 2. The Balaban J connectivity index is 2.61. The van der Waals surface area contributed by atoms with E-state index < -0.39 is 23.3 Å². The van der Waals surface area contributed by atoms with E-state index in [1.165, 1.54) is 0 Å². The average Bonchev–Trinajstić information content (AvgIpc) is 2.35. The van der Waals surface area contributed by atoms with E-state index in [9.17, 15) is 9.59 Å². The van der Waals surface area contributed by atoms with Gasteiger partial charge < -0.3 is 15.2 Å². The van der Waals surface area contributed by atoms with Gasteiger partial charge in [-0.15, -0.1) is 0 Å². The molecule has 0 aromatic heterocycles. The summed E-state index contributed by atoms with van der Waals surface area (Å²) in [6.45, 7) is 9.03. The van der Waals surface area contributed by atoms with E-state index in [1.807, 2.05) is 26.0 Å². The number of carbonyl (C=O) groups is 2. The lowest BCUT2D eigenvalue weighted by atomic mass is 9.87. The number of aliphatic carboxylic acids is 1. The Labute approximate surface area is 125 Å². The fourth-order valence-electron chi connectivity index (χ4n) is 1.80. The molecule has 0 bridgehead atoms. The molecule has 1 rings (SSSR count). The molecule has 116 valence electrons. The lowest BCUT2D eigenvalue weighted by Crippen LogP contribution is -2.50. The molecular formula is C16H23NO4. The van der Waals surface area contributed by atoms with Gasteiger partial charge in [0.15, 0.2) is 6.61 Å². The number of nitrogens with one attached hydrogen (secondary N) is 1. The molecule has 0 aliphatic carbocycles. The summed E-state index contributed by atoms with van der Waals surface area (Å²) in [5.41, 5.74) is 1.65. The van der Waals surface area contributed by atoms with Gasteiger partial charge in [0.2, 0.25) is 0 Å². The molecule has 1 unspecified atom stereocenters. The van der Waals surface area contributed by atoms with Crippen molar-refractivity contribution in [1.29, 1.82) is 0 Å². The number of benzene rings is 1. The van der Waals surface area contributed by atoms with Crippen LogP contribution in [-0.2, 0) is 9.59 Å². The summed E-state index contributed by atoms with van der Waals surface area (Å²) in [4.78, 5) is 23.0. The third-order valence-corrected chi connectivity index (χ3v) is 3.27. The zero-order valence-corrected chi connectivity index (χ0v) is 13.2. The molecule has 0 saturated heterocycles. The smallest absolute Gasteiger partial charge is 0.326 e. The summed E-state index contributed by atoms with van der Waals surface area (Å²) in [5, 5.41) is 11.6. The fourth-order valence-corrected chi connectivity index (χ4v) is 1.80. The highest BCUT2D eigenvalue weighted by Crippen LogP contribution is 2.19. The van der Waals surface area contributed by atoms with Gasteiger partial charge >= 0.3 is 5.97 Å². The molecule has 5 nitrogen and oxygen atoms in total. The largest absolute Gasteiger partial charge is 0.484 e. The van der Waals surface area contributed by atoms with Crippen LogP contribution in [0.5, 0.6) is 5.75 Å². The minimum atomic E-state index is -1.05. The van der Waals surface area contributed by atoms with Crippen LogP contribution in [0.2, 0.25) is 0 Å². The zero-order chi connectivity index (χ0) is 16.2. The Morgan fingerprint density at radius 3 is 2.33 bits per heavy atom. The third-order valence-electron chi connectivity index (χ3n) is 3.27. The number of carboxylic acids is 1. The summed E-state index contributed by atoms with van der Waals surface area (Å²) in [5.74, 6) is -0.909. The highest BCUT2D eigenvalue weighted by atomic mass is 16.5. The van der Waals surface area contributed by atoms with Crippen LogP contribution in [-0.4, -0.2) is 29.6 Å². The number of aryl methyl sites for hydroxylation is 2. The highest BCUT2D eigenvalue weighted by molar-refractivity contribution is 5.84. The third kappa shape index (κ3) is 5.10. The maximum Gasteiger partial charge on any atom is 0.326 e. The average molecular weight is 293 g/mol. The van der Waals surface area contributed by atoms with E-state index in [0.29, 0.717) is 5.75 Å². The van der Waals surface area contributed by atoms with Crippen LogP contribution in [0, 0.1) is 19.3 Å². The lowest BCUT2D eigenvalue weighted by molar-refractivity contribution is -0.145. The van der Waals surface area contributed by atoms with Gasteiger partial charge in [-0.25, -0.2) is 4.79 Å². The molecule has 0 aliphatic rings. The Hall–Kier alpha value is -2.04. The van der Waals surface area contributed by atoms with E-state index in [0.717, 1.165) is 11.1 Å². The number of hydrogen-bond acceptors (Lipinski definition) is 3. The first-order valence-corrected chi connectivity index (χ1v) is 6.83. The molecule has 0 spiro atoms. The van der Waals surface area contributed by atoms with Crippen LogP contribution >= 0.6 is 0 Å². The molecular weight excluding hydrogens is 270 g/mol. The molecule has 1 aromatic rings. The summed E-state index contributed by atoms with van der Waals surface area (Å²) in [6, 6.07) is 4.60. The highest BCUT2D eigenvalue weighted by Gasteiger charge is 2.32. The van der Waals surface area contributed by atoms with E-state index in [1.54, 1.807) is 26.8 Å². The van der Waals surface area contributed by atoms with Crippen molar-refractivity contribution in [3.63, 3.8) is 0 Å². The minimum absolute atomic E-state index is 0.206. The van der Waals surface area contributed by atoms with Crippen LogP contribution in [0.4, 0.5) is 0 Å². The number of amides is 1. The number of rotatable bonds is 5. The predicted molar refractivity (Wildman–Crippen MR) is 80.4 cm³/mol. The van der Waals surface area contributed by atoms with E-state index in [-0.39, 0.29) is 6.61 Å². The molecule has 5 heteroatoms. The SMILES string of the molecule is Cc1ccc(OCC(=O)NC(C(=O)O)C(C)(C)C)cc1C. The van der Waals surface area contributed by atoms with Crippen LogP contribution < -0.4 is 10.1 Å². The molecule has 21 heavy (non-hydrogen) atoms. The van der Waals surface area contributed by atoms with Crippen molar-refractivity contribution in [3.05, 3.63) is 29.3 Å². The summed E-state index contributed by atoms with van der Waals surface area (Å²) < 4.78 is 5.39. The van der Waals surface area contributed by atoms with Crippen molar-refractivity contribution < 1.29 is 19.4 Å². The number of carbonyl (C=O) groups excluding carboxylic acids is 1. The van der Waals surface area contributed by atoms with Crippen molar-refractivity contribution >= 4 is 11.9 Å². The second-order valence-electron chi connectivity index (χ2n) is 6.24. The molecule has 2 N–H and O–H groups in total. The topological polar surface area (TPSA) is 75.6 Å². The summed E-state index contributed by atoms with van der Waals surface area (Å²) in [6.07, 6.45) is 0. The Kier molecular flexibility index (Phi) is 5.35. The predicted octanol–water partition coefficient (Wildman–Crippen LogP) is 2.30. The maximum absolute atomic E-state index is 11.8. The minimum Gasteiger partial charge on any atom is -0.484 e. The van der Waals surface area contributed by atoms with E-state index in [4.69, 9.17) is 9.84 Å². The molecule has 0 fully saturated rings. The van der Waals surface area contributed by atoms with Crippen molar-refractivity contribution in [3.8, 4) is 5.75 Å². The zero-order valence-electron chi connectivity index (χ0n) is 13.2. The van der Waals surface area contributed by atoms with Gasteiger partial charge in [0.25, 0.3) is 5.91 Å². The first-order valence-electron chi connectivity index (χ1n) is 6.83. The maximum atomic E-state index is 11.8. The van der Waals surface area contributed by atoms with Crippen molar-refractivity contribution in [1.82, 2.24) is 5.32 Å². The summed E-state index contributed by atoms with van der Waals surface area (Å²) >= 11 is 0. The standard InChI is InChI=1S/C16H23NO4/c1-10-6-7-12(8-11(10)2)21-9-13(18)17-14(15(19)20)16(3,4)5/h6-8,14H,9H2,1-5H3,(H,17,18)(H,19,20). The van der Waals surface area contributed by atoms with Crippen molar-refractivity contribution in [2.45, 2.75) is 40.7 Å². The molecule has 1 atom stereocenters. The molecule has 0 radical (unpaired) electrons. The Morgan fingerprint density at radius 2 is 1.86 bits per heavy atom. The normalized spacial score (nSPS) is 12.6. The monoisotopic (exact) mass is 293 g/mol. The number of carboxylic acid groups (broad SMARTS) is 1. The van der Waals surface area contributed by atoms with Crippen molar-refractivity contribution in [2.75, 3.05) is 6.61 Å². The van der Waals surface area contributed by atoms with Gasteiger partial charge in [0.1, 0.15) is 11.8 Å². The van der Waals surface area contributed by atoms with E-state index in [2.05, 4.69) is 5.32 Å².